The van der Waals surface area contributed by atoms with Gasteiger partial charge in [0.15, 0.2) is 11.7 Å². The summed E-state index contributed by atoms with van der Waals surface area (Å²) in [6.45, 7) is 7.52. The van der Waals surface area contributed by atoms with Gasteiger partial charge in [-0.25, -0.2) is 0 Å². The molecule has 0 saturated heterocycles. The molecule has 2 aromatic carbocycles. The SMILES string of the molecule is CC(C)(C)c1cc(Br)cc([C@H](CC(=O)O)CC(=O)CNC(=O)c2cccc(NC3=NCCN3)c2)c1. The summed E-state index contributed by atoms with van der Waals surface area (Å²) < 4.78 is 0.836. The summed E-state index contributed by atoms with van der Waals surface area (Å²) in [6, 6.07) is 12.7. The van der Waals surface area contributed by atoms with Crippen molar-refractivity contribution in [2.24, 2.45) is 4.99 Å². The maximum Gasteiger partial charge on any atom is 0.303 e. The summed E-state index contributed by atoms with van der Waals surface area (Å²) >= 11 is 3.51. The number of guanidine groups is 1. The Morgan fingerprint density at radius 3 is 2.57 bits per heavy atom. The smallest absolute Gasteiger partial charge is 0.303 e. The molecule has 2 aromatic rings. The Morgan fingerprint density at radius 2 is 1.91 bits per heavy atom. The van der Waals surface area contributed by atoms with E-state index in [1.165, 1.54) is 0 Å². The van der Waals surface area contributed by atoms with Crippen molar-refractivity contribution in [2.45, 2.75) is 44.9 Å². The zero-order valence-corrected chi connectivity index (χ0v) is 21.7. The van der Waals surface area contributed by atoms with Gasteiger partial charge in [-0.2, -0.15) is 0 Å². The Morgan fingerprint density at radius 1 is 1.14 bits per heavy atom. The first-order valence-corrected chi connectivity index (χ1v) is 12.3. The normalized spacial score (nSPS) is 14.0. The van der Waals surface area contributed by atoms with Gasteiger partial charge in [0.25, 0.3) is 5.91 Å². The van der Waals surface area contributed by atoms with E-state index in [1.807, 2.05) is 24.3 Å². The van der Waals surface area contributed by atoms with Gasteiger partial charge in [0.2, 0.25) is 0 Å². The highest BCUT2D eigenvalue weighted by Crippen LogP contribution is 2.32. The molecule has 9 heteroatoms. The number of Topliss-reactive ketones (excluding diaryl/α,β-unsaturated/α-hetero) is 1. The van der Waals surface area contributed by atoms with Crippen LogP contribution in [0.3, 0.4) is 0 Å². The van der Waals surface area contributed by atoms with E-state index >= 15 is 0 Å². The Kier molecular flexibility index (Phi) is 8.67. The van der Waals surface area contributed by atoms with E-state index in [2.05, 4.69) is 57.6 Å². The molecule has 0 saturated carbocycles. The molecular formula is C26H31BrN4O4. The number of nitrogens with one attached hydrogen (secondary N) is 3. The number of aliphatic carboxylic acids is 1. The van der Waals surface area contributed by atoms with Crippen LogP contribution in [0.15, 0.2) is 51.9 Å². The van der Waals surface area contributed by atoms with Crippen molar-refractivity contribution in [1.82, 2.24) is 10.6 Å². The van der Waals surface area contributed by atoms with Crippen molar-refractivity contribution < 1.29 is 19.5 Å². The number of carbonyl (C=O) groups is 3. The number of halogens is 1. The summed E-state index contributed by atoms with van der Waals surface area (Å²) in [6.07, 6.45) is -0.162. The number of hydrogen-bond donors (Lipinski definition) is 4. The molecule has 1 aliphatic heterocycles. The van der Waals surface area contributed by atoms with Crippen LogP contribution in [0.4, 0.5) is 5.69 Å². The number of rotatable bonds is 9. The van der Waals surface area contributed by atoms with E-state index in [4.69, 9.17) is 0 Å². The minimum Gasteiger partial charge on any atom is -0.481 e. The third-order valence-corrected chi connectivity index (χ3v) is 6.12. The molecule has 1 heterocycles. The highest BCUT2D eigenvalue weighted by Gasteiger charge is 2.23. The highest BCUT2D eigenvalue weighted by atomic mass is 79.9. The molecule has 0 bridgehead atoms. The predicted molar refractivity (Wildman–Crippen MR) is 140 cm³/mol. The van der Waals surface area contributed by atoms with E-state index in [0.29, 0.717) is 23.8 Å². The average Bonchev–Trinajstić information content (AvgIpc) is 3.29. The molecule has 1 aliphatic rings. The van der Waals surface area contributed by atoms with Crippen LogP contribution >= 0.6 is 15.9 Å². The van der Waals surface area contributed by atoms with Crippen molar-refractivity contribution >= 4 is 45.2 Å². The van der Waals surface area contributed by atoms with E-state index in [1.54, 1.807) is 18.2 Å². The minimum absolute atomic E-state index is 0.0136. The Hall–Kier alpha value is -3.20. The first-order valence-electron chi connectivity index (χ1n) is 11.5. The van der Waals surface area contributed by atoms with Gasteiger partial charge in [0.1, 0.15) is 0 Å². The van der Waals surface area contributed by atoms with Crippen LogP contribution in [0.5, 0.6) is 0 Å². The number of benzene rings is 2. The molecule has 1 atom stereocenters. The number of carboxylic acids is 1. The number of hydrogen-bond acceptors (Lipinski definition) is 6. The zero-order valence-electron chi connectivity index (χ0n) is 20.2. The third kappa shape index (κ3) is 7.92. The second kappa shape index (κ2) is 11.5. The molecule has 0 fully saturated rings. The Bertz CT molecular complexity index is 1140. The average molecular weight is 543 g/mol. The number of carbonyl (C=O) groups excluding carboxylic acids is 2. The lowest BCUT2D eigenvalue weighted by atomic mass is 9.83. The van der Waals surface area contributed by atoms with Gasteiger partial charge < -0.3 is 21.1 Å². The second-order valence-electron chi connectivity index (χ2n) is 9.61. The molecule has 186 valence electrons. The lowest BCUT2D eigenvalue weighted by Crippen LogP contribution is -2.30. The molecule has 0 aromatic heterocycles. The molecule has 0 aliphatic carbocycles. The topological polar surface area (TPSA) is 120 Å². The molecule has 0 spiro atoms. The summed E-state index contributed by atoms with van der Waals surface area (Å²) in [5.41, 5.74) is 2.82. The standard InChI is InChI=1S/C26H31BrN4O4/c1-26(2,3)19-9-17(10-20(27)14-19)18(13-23(33)34)12-22(32)15-30-24(35)16-5-4-6-21(11-16)31-25-28-7-8-29-25/h4-6,9-11,14,18H,7-8,12-13,15H2,1-3H3,(H,30,35)(H,33,34)(H2,28,29,31)/t18-/m0/s1. The van der Waals surface area contributed by atoms with Gasteiger partial charge in [-0.3, -0.25) is 19.4 Å². The highest BCUT2D eigenvalue weighted by molar-refractivity contribution is 9.10. The summed E-state index contributed by atoms with van der Waals surface area (Å²) in [7, 11) is 0. The lowest BCUT2D eigenvalue weighted by Gasteiger charge is -2.23. The predicted octanol–water partition coefficient (Wildman–Crippen LogP) is 4.07. The molecule has 4 N–H and O–H groups in total. The Labute approximate surface area is 213 Å². The van der Waals surface area contributed by atoms with Gasteiger partial charge >= 0.3 is 5.97 Å². The second-order valence-corrected chi connectivity index (χ2v) is 10.5. The Balaban J connectivity index is 1.65. The number of aliphatic imine (C=N–C) groups is 1. The number of anilines is 1. The number of nitrogens with zero attached hydrogens (tertiary/aromatic N) is 1. The van der Waals surface area contributed by atoms with Crippen molar-refractivity contribution in [3.8, 4) is 0 Å². The fraction of sp³-hybridized carbons (Fsp3) is 0.385. The van der Waals surface area contributed by atoms with Crippen LogP contribution in [0, 0.1) is 0 Å². The number of carboxylic acid groups (broad SMARTS) is 1. The van der Waals surface area contributed by atoms with Crippen LogP contribution < -0.4 is 16.0 Å². The fourth-order valence-corrected chi connectivity index (χ4v) is 4.30. The maximum absolute atomic E-state index is 12.8. The largest absolute Gasteiger partial charge is 0.481 e. The van der Waals surface area contributed by atoms with Gasteiger partial charge in [-0.15, -0.1) is 0 Å². The molecule has 3 rings (SSSR count). The zero-order chi connectivity index (χ0) is 25.6. The molecule has 35 heavy (non-hydrogen) atoms. The summed E-state index contributed by atoms with van der Waals surface area (Å²) in [5, 5.41) is 18.3. The van der Waals surface area contributed by atoms with E-state index < -0.39 is 11.9 Å². The summed E-state index contributed by atoms with van der Waals surface area (Å²) in [4.78, 5) is 41.2. The third-order valence-electron chi connectivity index (χ3n) is 5.66. The monoisotopic (exact) mass is 542 g/mol. The van der Waals surface area contributed by atoms with Gasteiger partial charge in [0, 0.05) is 34.6 Å². The van der Waals surface area contributed by atoms with Crippen LogP contribution in [0.2, 0.25) is 0 Å². The van der Waals surface area contributed by atoms with Crippen molar-refractivity contribution in [3.63, 3.8) is 0 Å². The minimum atomic E-state index is -0.977. The molecular weight excluding hydrogens is 512 g/mol. The van der Waals surface area contributed by atoms with Crippen molar-refractivity contribution in [3.05, 3.63) is 63.6 Å². The summed E-state index contributed by atoms with van der Waals surface area (Å²) in [5.74, 6) is -1.43. The number of ketones is 1. The van der Waals surface area contributed by atoms with Gasteiger partial charge in [0.05, 0.1) is 19.5 Å². The first-order chi connectivity index (χ1) is 16.5. The van der Waals surface area contributed by atoms with Gasteiger partial charge in [-0.1, -0.05) is 48.8 Å². The van der Waals surface area contributed by atoms with Crippen LogP contribution in [0.1, 0.15) is 61.0 Å². The van der Waals surface area contributed by atoms with Crippen LogP contribution in [-0.2, 0) is 15.0 Å². The molecule has 8 nitrogen and oxygen atoms in total. The van der Waals surface area contributed by atoms with Crippen LogP contribution in [-0.4, -0.2) is 48.4 Å². The fourth-order valence-electron chi connectivity index (χ4n) is 3.78. The quantitative estimate of drug-likeness (QED) is 0.379. The lowest BCUT2D eigenvalue weighted by molar-refractivity contribution is -0.137. The molecule has 0 radical (unpaired) electrons. The van der Waals surface area contributed by atoms with Gasteiger partial charge in [-0.05, 0) is 46.9 Å². The van der Waals surface area contributed by atoms with Crippen LogP contribution in [0.25, 0.3) is 0 Å². The van der Waals surface area contributed by atoms with Crippen molar-refractivity contribution in [2.75, 3.05) is 25.0 Å². The maximum atomic E-state index is 12.8. The first kappa shape index (κ1) is 26.4. The molecule has 1 amide bonds. The van der Waals surface area contributed by atoms with Crippen molar-refractivity contribution in [1.29, 1.82) is 0 Å². The number of amides is 1. The van der Waals surface area contributed by atoms with E-state index in [-0.39, 0.29) is 36.5 Å². The van der Waals surface area contributed by atoms with E-state index in [0.717, 1.165) is 22.1 Å². The molecule has 0 unspecified atom stereocenters. The van der Waals surface area contributed by atoms with E-state index in [9.17, 15) is 19.5 Å².